The Hall–Kier alpha value is -0.810. The number of hydrogen-bond acceptors (Lipinski definition) is 4. The van der Waals surface area contributed by atoms with Gasteiger partial charge in [-0.2, -0.15) is 0 Å². The molecule has 2 atom stereocenters. The minimum atomic E-state index is -0.318. The van der Waals surface area contributed by atoms with Gasteiger partial charge >= 0.3 is 6.09 Å². The summed E-state index contributed by atoms with van der Waals surface area (Å²) in [7, 11) is 0. The van der Waals surface area contributed by atoms with Gasteiger partial charge in [-0.1, -0.05) is 0 Å². The molecule has 92 valence electrons. The molecule has 0 bridgehead atoms. The Labute approximate surface area is 95.6 Å². The van der Waals surface area contributed by atoms with E-state index in [1.807, 2.05) is 0 Å². The molecule has 1 amide bonds. The molecule has 16 heavy (non-hydrogen) atoms. The van der Waals surface area contributed by atoms with Crippen LogP contribution in [0.3, 0.4) is 0 Å². The van der Waals surface area contributed by atoms with Gasteiger partial charge in [-0.15, -0.1) is 0 Å². The fourth-order valence-electron chi connectivity index (χ4n) is 2.18. The molecule has 0 N–H and O–H groups in total. The van der Waals surface area contributed by atoms with Gasteiger partial charge in [-0.25, -0.2) is 4.79 Å². The van der Waals surface area contributed by atoms with Gasteiger partial charge in [0.05, 0.1) is 6.61 Å². The topological polar surface area (TPSA) is 48.0 Å². The molecule has 2 saturated heterocycles. The summed E-state index contributed by atoms with van der Waals surface area (Å²) in [5, 5.41) is 0. The third-order valence-corrected chi connectivity index (χ3v) is 2.91. The van der Waals surface area contributed by atoms with Gasteiger partial charge in [0.2, 0.25) is 0 Å². The van der Waals surface area contributed by atoms with Gasteiger partial charge in [0.1, 0.15) is 12.5 Å². The predicted molar refractivity (Wildman–Crippen MR) is 56.8 cm³/mol. The van der Waals surface area contributed by atoms with Crippen LogP contribution in [0.4, 0.5) is 4.79 Å². The summed E-state index contributed by atoms with van der Waals surface area (Å²) < 4.78 is 16.1. The van der Waals surface area contributed by atoms with Crippen molar-refractivity contribution in [3.63, 3.8) is 0 Å². The lowest BCUT2D eigenvalue weighted by molar-refractivity contribution is -0.102. The van der Waals surface area contributed by atoms with E-state index in [4.69, 9.17) is 14.2 Å². The van der Waals surface area contributed by atoms with Gasteiger partial charge in [0.15, 0.2) is 0 Å². The van der Waals surface area contributed by atoms with Crippen LogP contribution >= 0.6 is 0 Å². The highest BCUT2D eigenvalue weighted by atomic mass is 16.6. The average Bonchev–Trinajstić information content (AvgIpc) is 2.91. The Morgan fingerprint density at radius 2 is 1.81 bits per heavy atom. The highest BCUT2D eigenvalue weighted by Crippen LogP contribution is 2.25. The van der Waals surface area contributed by atoms with Crippen molar-refractivity contribution in [3.05, 3.63) is 0 Å². The molecule has 0 aromatic heterocycles. The summed E-state index contributed by atoms with van der Waals surface area (Å²) in [4.78, 5) is 13.5. The summed E-state index contributed by atoms with van der Waals surface area (Å²) >= 11 is 0. The zero-order chi connectivity index (χ0) is 11.4. The number of nitrogens with zero attached hydrogens (tertiary/aromatic N) is 1. The largest absolute Gasteiger partial charge is 0.450 e. The molecule has 2 rings (SSSR count). The van der Waals surface area contributed by atoms with Crippen LogP contribution in [0.1, 0.15) is 32.6 Å². The van der Waals surface area contributed by atoms with Crippen LogP contribution in [-0.2, 0) is 14.2 Å². The van der Waals surface area contributed by atoms with Crippen molar-refractivity contribution in [2.24, 2.45) is 0 Å². The Morgan fingerprint density at radius 1 is 1.25 bits per heavy atom. The van der Waals surface area contributed by atoms with Crippen molar-refractivity contribution in [3.8, 4) is 0 Å². The summed E-state index contributed by atoms with van der Waals surface area (Å²) in [6.45, 7) is 3.62. The molecule has 0 radical (unpaired) electrons. The van der Waals surface area contributed by atoms with Crippen molar-refractivity contribution in [2.45, 2.75) is 45.1 Å². The molecule has 1 unspecified atom stereocenters. The van der Waals surface area contributed by atoms with E-state index in [9.17, 15) is 4.79 Å². The van der Waals surface area contributed by atoms with Gasteiger partial charge < -0.3 is 14.2 Å². The number of carbonyl (C=O) groups excluding carboxylic acids is 1. The molecule has 0 aromatic rings. The first-order valence-electron chi connectivity index (χ1n) is 6.01. The van der Waals surface area contributed by atoms with Crippen molar-refractivity contribution in [1.82, 2.24) is 4.90 Å². The number of rotatable bonds is 3. The van der Waals surface area contributed by atoms with E-state index in [1.165, 1.54) is 0 Å². The quantitative estimate of drug-likeness (QED) is 0.739. The van der Waals surface area contributed by atoms with Crippen molar-refractivity contribution in [2.75, 3.05) is 19.8 Å². The molecule has 0 saturated carbocycles. The number of amides is 1. The molecule has 0 spiro atoms. The van der Waals surface area contributed by atoms with Crippen LogP contribution in [0.25, 0.3) is 0 Å². The lowest BCUT2D eigenvalue weighted by Crippen LogP contribution is -2.47. The van der Waals surface area contributed by atoms with Gasteiger partial charge in [0.25, 0.3) is 0 Å². The molecule has 2 aliphatic rings. The molecule has 2 fully saturated rings. The fourth-order valence-corrected chi connectivity index (χ4v) is 2.18. The average molecular weight is 229 g/mol. The second-order valence-electron chi connectivity index (χ2n) is 4.04. The second kappa shape index (κ2) is 5.50. The number of hydrogen-bond donors (Lipinski definition) is 0. The zero-order valence-electron chi connectivity index (χ0n) is 9.68. The summed E-state index contributed by atoms with van der Waals surface area (Å²) in [5.74, 6) is 0. The van der Waals surface area contributed by atoms with E-state index in [1.54, 1.807) is 11.8 Å². The highest BCUT2D eigenvalue weighted by molar-refractivity contribution is 5.68. The molecular weight excluding hydrogens is 210 g/mol. The monoisotopic (exact) mass is 229 g/mol. The molecule has 5 nitrogen and oxygen atoms in total. The number of carbonyl (C=O) groups is 1. The lowest BCUT2D eigenvalue weighted by Gasteiger charge is -2.31. The van der Waals surface area contributed by atoms with E-state index >= 15 is 0 Å². The molecular formula is C11H19NO4. The van der Waals surface area contributed by atoms with E-state index < -0.39 is 0 Å². The van der Waals surface area contributed by atoms with E-state index in [-0.39, 0.29) is 18.5 Å². The predicted octanol–water partition coefficient (Wildman–Crippen LogP) is 1.72. The van der Waals surface area contributed by atoms with Crippen LogP contribution in [0, 0.1) is 0 Å². The Kier molecular flexibility index (Phi) is 4.01. The van der Waals surface area contributed by atoms with E-state index in [0.29, 0.717) is 19.8 Å². The lowest BCUT2D eigenvalue weighted by atomic mass is 10.2. The fraction of sp³-hybridized carbons (Fsp3) is 0.909. The van der Waals surface area contributed by atoms with Crippen LogP contribution in [0.2, 0.25) is 0 Å². The van der Waals surface area contributed by atoms with Gasteiger partial charge in [-0.3, -0.25) is 4.90 Å². The van der Waals surface area contributed by atoms with E-state index in [2.05, 4.69) is 0 Å². The third-order valence-electron chi connectivity index (χ3n) is 2.91. The van der Waals surface area contributed by atoms with Crippen molar-refractivity contribution >= 4 is 6.09 Å². The standard InChI is InChI=1S/C11H19NO4/c1-2-14-11(13)12(9-5-3-7-15-9)10-6-4-8-16-10/h9-10H,2-8H2,1H3/t9-,10?/m1/s1. The molecule has 2 aliphatic heterocycles. The maximum Gasteiger partial charge on any atom is 0.413 e. The highest BCUT2D eigenvalue weighted by Gasteiger charge is 2.36. The van der Waals surface area contributed by atoms with Crippen LogP contribution in [0.15, 0.2) is 0 Å². The molecule has 0 aliphatic carbocycles. The van der Waals surface area contributed by atoms with Crippen LogP contribution < -0.4 is 0 Å². The Morgan fingerprint density at radius 3 is 2.19 bits per heavy atom. The molecule has 0 aromatic carbocycles. The van der Waals surface area contributed by atoms with Crippen LogP contribution in [-0.4, -0.2) is 43.3 Å². The van der Waals surface area contributed by atoms with Gasteiger partial charge in [0, 0.05) is 13.2 Å². The Bertz CT molecular complexity index is 218. The number of ether oxygens (including phenoxy) is 3. The van der Waals surface area contributed by atoms with Gasteiger partial charge in [-0.05, 0) is 32.6 Å². The minimum Gasteiger partial charge on any atom is -0.450 e. The SMILES string of the molecule is CCOC(=O)N(C1CCCO1)[C@H]1CCCO1. The first-order valence-corrected chi connectivity index (χ1v) is 6.01. The van der Waals surface area contributed by atoms with Crippen LogP contribution in [0.5, 0.6) is 0 Å². The summed E-state index contributed by atoms with van der Waals surface area (Å²) in [6, 6.07) is 0. The summed E-state index contributed by atoms with van der Waals surface area (Å²) in [5.41, 5.74) is 0. The Balaban J connectivity index is 2.01. The van der Waals surface area contributed by atoms with Crippen molar-refractivity contribution < 1.29 is 19.0 Å². The minimum absolute atomic E-state index is 0.165. The third kappa shape index (κ3) is 2.47. The zero-order valence-corrected chi connectivity index (χ0v) is 9.68. The maximum atomic E-state index is 11.9. The first-order chi connectivity index (χ1) is 7.83. The molecule has 2 heterocycles. The van der Waals surface area contributed by atoms with E-state index in [0.717, 1.165) is 25.7 Å². The normalized spacial score (nSPS) is 29.3. The summed E-state index contributed by atoms with van der Waals surface area (Å²) in [6.07, 6.45) is 3.09. The molecule has 5 heteroatoms. The smallest absolute Gasteiger partial charge is 0.413 e. The van der Waals surface area contributed by atoms with Crippen molar-refractivity contribution in [1.29, 1.82) is 0 Å². The first kappa shape index (κ1) is 11.7. The maximum absolute atomic E-state index is 11.9. The second-order valence-corrected chi connectivity index (χ2v) is 4.04.